The molecule has 2 aromatic carbocycles. The van der Waals surface area contributed by atoms with Gasteiger partial charge in [0.15, 0.2) is 22.9 Å². The molecule has 0 aliphatic carbocycles. The average molecular weight is 708 g/mol. The fourth-order valence-electron chi connectivity index (χ4n) is 7.41. The summed E-state index contributed by atoms with van der Waals surface area (Å²) < 4.78 is 62.3. The molecule has 7 rings (SSSR count). The number of hydrogen-bond donors (Lipinski definition) is 1. The van der Waals surface area contributed by atoms with Crippen molar-refractivity contribution in [2.24, 2.45) is 0 Å². The molecule has 1 saturated heterocycles. The van der Waals surface area contributed by atoms with Crippen LogP contribution in [-0.4, -0.2) is 52.2 Å². The quantitative estimate of drug-likeness (QED) is 0.107. The molecule has 13 nitrogen and oxygen atoms in total. The second-order valence-corrected chi connectivity index (χ2v) is 13.1. The van der Waals surface area contributed by atoms with Crippen molar-refractivity contribution in [2.45, 2.75) is 76.1 Å². The van der Waals surface area contributed by atoms with Gasteiger partial charge >= 0.3 is 5.97 Å². The molecular weight excluding hydrogens is 672 g/mol. The number of cyclic esters (lactones) is 1. The first-order chi connectivity index (χ1) is 24.2. The Morgan fingerprint density at radius 1 is 1.14 bits per heavy atom. The number of ether oxygens (including phenoxy) is 5. The van der Waals surface area contributed by atoms with Gasteiger partial charge in [-0.15, -0.1) is 0 Å². The fourth-order valence-corrected chi connectivity index (χ4v) is 7.41. The largest absolute Gasteiger partial charge is 0.493 e. The minimum absolute atomic E-state index is 0.0431. The summed E-state index contributed by atoms with van der Waals surface area (Å²) in [5.74, 6) is -5.17. The van der Waals surface area contributed by atoms with E-state index in [1.165, 1.54) is 37.0 Å². The van der Waals surface area contributed by atoms with Gasteiger partial charge in [-0.3, -0.25) is 14.9 Å². The number of nitro groups is 1. The summed E-state index contributed by atoms with van der Waals surface area (Å²) in [7, 11) is 2.77. The lowest BCUT2D eigenvalue weighted by molar-refractivity contribution is -0.386. The van der Waals surface area contributed by atoms with Crippen LogP contribution >= 0.6 is 0 Å². The second-order valence-electron chi connectivity index (χ2n) is 13.1. The number of alkyl halides is 2. The lowest BCUT2D eigenvalue weighted by atomic mass is 9.86. The summed E-state index contributed by atoms with van der Waals surface area (Å²) in [5, 5.41) is 23.3. The molecule has 5 heterocycles. The monoisotopic (exact) mass is 707 g/mol. The number of aliphatic hydroxyl groups is 1. The van der Waals surface area contributed by atoms with Gasteiger partial charge in [0, 0.05) is 34.9 Å². The van der Waals surface area contributed by atoms with E-state index in [1.807, 2.05) is 0 Å². The number of fused-ring (bicyclic) bond motifs is 5. The maximum Gasteiger partial charge on any atom is 0.343 e. The van der Waals surface area contributed by atoms with Crippen molar-refractivity contribution in [3.63, 3.8) is 0 Å². The van der Waals surface area contributed by atoms with E-state index >= 15 is 8.78 Å². The average Bonchev–Trinajstić information content (AvgIpc) is 3.68. The van der Waals surface area contributed by atoms with E-state index in [0.29, 0.717) is 5.52 Å². The van der Waals surface area contributed by atoms with E-state index in [4.69, 9.17) is 28.7 Å². The highest BCUT2D eigenvalue weighted by Gasteiger charge is 2.47. The predicted molar refractivity (Wildman–Crippen MR) is 177 cm³/mol. The molecular formula is C36H35F2N3O10. The zero-order valence-corrected chi connectivity index (χ0v) is 28.3. The summed E-state index contributed by atoms with van der Waals surface area (Å²) in [4.78, 5) is 42.3. The van der Waals surface area contributed by atoms with Gasteiger partial charge in [-0.2, -0.15) is 0 Å². The second kappa shape index (κ2) is 12.4. The number of nitrogens with zero attached hydrogens (tertiary/aromatic N) is 3. The minimum atomic E-state index is -3.41. The molecule has 3 aliphatic heterocycles. The van der Waals surface area contributed by atoms with Gasteiger partial charge < -0.3 is 33.4 Å². The molecule has 0 radical (unpaired) electrons. The van der Waals surface area contributed by atoms with Gasteiger partial charge in [0.2, 0.25) is 0 Å². The van der Waals surface area contributed by atoms with Crippen LogP contribution in [0.5, 0.6) is 11.5 Å². The number of carbonyl (C=O) groups excluding carboxylic acids is 1. The Balaban J connectivity index is 1.18. The number of carbonyl (C=O) groups is 1. The lowest BCUT2D eigenvalue weighted by Gasteiger charge is -2.31. The van der Waals surface area contributed by atoms with Crippen LogP contribution in [0.25, 0.3) is 22.3 Å². The molecule has 0 saturated carbocycles. The standard InChI is InChI=1S/C36H35F2N3O10/c1-5-35(44)23-14-26-31-21(16-40(26)32(42)22(23)17-49-33(35)43)30(19-9-6-7-10-24(19)39-31)36(37,38)12-8-11-34(2)50-18-29(51-34)20-13-27(47-3)28(48-4)15-25(20)41(45)46/h6-7,9-10,13-15,29,44H,5,8,11-12,16-18H2,1-4H3. The van der Waals surface area contributed by atoms with Crippen LogP contribution in [-0.2, 0) is 43.7 Å². The number of aromatic nitrogens is 2. The zero-order valence-electron chi connectivity index (χ0n) is 28.3. The predicted octanol–water partition coefficient (Wildman–Crippen LogP) is 5.77. The highest BCUT2D eigenvalue weighted by atomic mass is 19.3. The SMILES string of the molecule is CCC1(O)C(=O)OCc2c1cc1n(c2=O)Cc2c-1nc1ccccc1c2C(F)(F)CCCC1(C)OCC(c2cc(OC)c(OC)cc2[N+](=O)[O-])O1. The van der Waals surface area contributed by atoms with E-state index in [9.17, 15) is 24.8 Å². The van der Waals surface area contributed by atoms with Crippen molar-refractivity contribution in [2.75, 3.05) is 20.8 Å². The molecule has 15 heteroatoms. The van der Waals surface area contributed by atoms with Crippen LogP contribution < -0.4 is 15.0 Å². The number of benzene rings is 2. The molecule has 51 heavy (non-hydrogen) atoms. The number of pyridine rings is 2. The Bertz CT molecular complexity index is 2170. The van der Waals surface area contributed by atoms with Crippen LogP contribution in [0, 0.1) is 10.1 Å². The normalized spacial score (nSPS) is 22.3. The first kappa shape index (κ1) is 34.5. The number of hydrogen-bond acceptors (Lipinski definition) is 11. The molecule has 4 aromatic rings. The minimum Gasteiger partial charge on any atom is -0.493 e. The Morgan fingerprint density at radius 2 is 1.86 bits per heavy atom. The molecule has 0 spiro atoms. The maximum atomic E-state index is 16.6. The Morgan fingerprint density at radius 3 is 2.57 bits per heavy atom. The first-order valence-corrected chi connectivity index (χ1v) is 16.4. The third-order valence-corrected chi connectivity index (χ3v) is 10.1. The Kier molecular flexibility index (Phi) is 8.35. The van der Waals surface area contributed by atoms with Crippen LogP contribution in [0.3, 0.4) is 0 Å². The van der Waals surface area contributed by atoms with Crippen molar-refractivity contribution >= 4 is 22.6 Å². The van der Waals surface area contributed by atoms with Gasteiger partial charge in [0.05, 0.1) is 66.4 Å². The van der Waals surface area contributed by atoms with Crippen LogP contribution in [0.1, 0.15) is 73.5 Å². The van der Waals surface area contributed by atoms with E-state index in [1.54, 1.807) is 38.1 Å². The zero-order chi connectivity index (χ0) is 36.5. The van der Waals surface area contributed by atoms with Crippen molar-refractivity contribution < 1.29 is 47.3 Å². The summed E-state index contributed by atoms with van der Waals surface area (Å²) in [5.41, 5.74) is -1.86. The number of para-hydroxylation sites is 1. The summed E-state index contributed by atoms with van der Waals surface area (Å²) in [6.45, 7) is 2.61. The summed E-state index contributed by atoms with van der Waals surface area (Å²) in [6, 6.07) is 10.7. The molecule has 268 valence electrons. The van der Waals surface area contributed by atoms with Crippen LogP contribution in [0.15, 0.2) is 47.3 Å². The smallest absolute Gasteiger partial charge is 0.343 e. The van der Waals surface area contributed by atoms with E-state index in [0.717, 1.165) is 0 Å². The van der Waals surface area contributed by atoms with Gasteiger partial charge in [-0.1, -0.05) is 25.1 Å². The molecule has 3 unspecified atom stereocenters. The molecule has 3 aliphatic rings. The Hall–Kier alpha value is -4.99. The third-order valence-electron chi connectivity index (χ3n) is 10.1. The summed E-state index contributed by atoms with van der Waals surface area (Å²) >= 11 is 0. The number of halogens is 2. The van der Waals surface area contributed by atoms with Crippen molar-refractivity contribution in [3.8, 4) is 22.9 Å². The number of esters is 1. The van der Waals surface area contributed by atoms with Crippen LogP contribution in [0.4, 0.5) is 14.5 Å². The molecule has 2 aromatic heterocycles. The molecule has 1 N–H and O–H groups in total. The topological polar surface area (TPSA) is 161 Å². The molecule has 1 fully saturated rings. The van der Waals surface area contributed by atoms with Gasteiger partial charge in [-0.25, -0.2) is 18.6 Å². The van der Waals surface area contributed by atoms with Gasteiger partial charge in [0.25, 0.3) is 17.2 Å². The molecule has 3 atom stereocenters. The Labute approximate surface area is 289 Å². The van der Waals surface area contributed by atoms with E-state index in [2.05, 4.69) is 0 Å². The maximum absolute atomic E-state index is 16.6. The summed E-state index contributed by atoms with van der Waals surface area (Å²) in [6.07, 6.45) is -1.55. The third kappa shape index (κ3) is 5.50. The molecule has 0 bridgehead atoms. The number of rotatable bonds is 10. The first-order valence-electron chi connectivity index (χ1n) is 16.4. The molecule has 0 amide bonds. The fraction of sp³-hybridized carbons (Fsp3) is 0.417. The van der Waals surface area contributed by atoms with E-state index in [-0.39, 0.29) is 101 Å². The van der Waals surface area contributed by atoms with E-state index < -0.39 is 46.3 Å². The highest BCUT2D eigenvalue weighted by Crippen LogP contribution is 2.48. The highest BCUT2D eigenvalue weighted by molar-refractivity contribution is 5.89. The van der Waals surface area contributed by atoms with Gasteiger partial charge in [0.1, 0.15) is 12.7 Å². The van der Waals surface area contributed by atoms with Crippen molar-refractivity contribution in [1.29, 1.82) is 0 Å². The lowest BCUT2D eigenvalue weighted by Crippen LogP contribution is -2.44. The number of nitro benzene ring substituents is 1. The van der Waals surface area contributed by atoms with Gasteiger partial charge in [-0.05, 0) is 38.0 Å². The van der Waals surface area contributed by atoms with Crippen molar-refractivity contribution in [1.82, 2.24) is 9.55 Å². The number of methoxy groups -OCH3 is 2. The van der Waals surface area contributed by atoms with Crippen LogP contribution in [0.2, 0.25) is 0 Å². The van der Waals surface area contributed by atoms with Crippen molar-refractivity contribution in [3.05, 3.63) is 90.7 Å².